The number of halogens is 3. The van der Waals surface area contributed by atoms with Gasteiger partial charge in [0.05, 0.1) is 17.0 Å². The van der Waals surface area contributed by atoms with E-state index in [1.54, 1.807) is 18.2 Å². The fourth-order valence-electron chi connectivity index (χ4n) is 5.32. The van der Waals surface area contributed by atoms with Crippen LogP contribution in [0.5, 0.6) is 11.5 Å². The molecule has 0 radical (unpaired) electrons. The lowest BCUT2D eigenvalue weighted by Gasteiger charge is -2.70. The Morgan fingerprint density at radius 3 is 2.64 bits per heavy atom. The van der Waals surface area contributed by atoms with E-state index in [1.807, 2.05) is 0 Å². The van der Waals surface area contributed by atoms with Gasteiger partial charge in [0.2, 0.25) is 0 Å². The highest BCUT2D eigenvalue weighted by Gasteiger charge is 2.68. The summed E-state index contributed by atoms with van der Waals surface area (Å²) in [5.74, 6) is -0.567. The van der Waals surface area contributed by atoms with Gasteiger partial charge in [0.25, 0.3) is 5.91 Å². The lowest BCUT2D eigenvalue weighted by Crippen LogP contribution is -2.75. The Hall–Kier alpha value is -2.64. The minimum atomic E-state index is -0.793. The molecule has 3 fully saturated rings. The molecule has 6 rings (SSSR count). The molecule has 2 bridgehead atoms. The Bertz CT molecular complexity index is 1160. The number of hydrogen-bond donors (Lipinski definition) is 1. The summed E-state index contributed by atoms with van der Waals surface area (Å²) in [4.78, 5) is 37.5. The third-order valence-electron chi connectivity index (χ3n) is 6.60. The summed E-state index contributed by atoms with van der Waals surface area (Å²) in [7, 11) is 0. The number of Topliss-reactive ketones (excluding diaryl/α,β-unsaturated/α-hetero) is 2. The molecule has 3 aliphatic carbocycles. The Balaban J connectivity index is 1.10. The van der Waals surface area contributed by atoms with Crippen LogP contribution in [-0.2, 0) is 9.59 Å². The van der Waals surface area contributed by atoms with Crippen molar-refractivity contribution in [2.75, 3.05) is 6.61 Å². The molecule has 172 valence electrons. The number of fused-ring (bicyclic) bond motifs is 1. The molecule has 0 unspecified atom stereocenters. The molecule has 1 amide bonds. The average Bonchev–Trinajstić information content (AvgIpc) is 2.72. The van der Waals surface area contributed by atoms with E-state index in [4.69, 9.17) is 32.7 Å². The van der Waals surface area contributed by atoms with Crippen LogP contribution >= 0.6 is 23.2 Å². The van der Waals surface area contributed by atoms with Crippen molar-refractivity contribution in [1.29, 1.82) is 0 Å². The number of carbonyl (C=O) groups excluding carboxylic acids is 3. The molecule has 0 aromatic heterocycles. The number of rotatable bonds is 7. The topological polar surface area (TPSA) is 81.7 Å². The van der Waals surface area contributed by atoms with Crippen molar-refractivity contribution in [1.82, 2.24) is 5.32 Å². The van der Waals surface area contributed by atoms with Gasteiger partial charge in [-0.3, -0.25) is 14.4 Å². The summed E-state index contributed by atoms with van der Waals surface area (Å²) in [6.07, 6.45) is 1.61. The van der Waals surface area contributed by atoms with Gasteiger partial charge in [0.15, 0.2) is 24.3 Å². The molecule has 1 N–H and O–H groups in total. The van der Waals surface area contributed by atoms with Crippen LogP contribution < -0.4 is 14.8 Å². The number of hydrogen-bond acceptors (Lipinski definition) is 5. The number of ether oxygens (including phenoxy) is 2. The van der Waals surface area contributed by atoms with Gasteiger partial charge < -0.3 is 14.8 Å². The number of carbonyl (C=O) groups is 3. The second kappa shape index (κ2) is 7.99. The van der Waals surface area contributed by atoms with Gasteiger partial charge in [-0.25, -0.2) is 4.39 Å². The first-order valence-corrected chi connectivity index (χ1v) is 11.3. The zero-order valence-corrected chi connectivity index (χ0v) is 19.0. The Kier molecular flexibility index (Phi) is 5.37. The van der Waals surface area contributed by atoms with Crippen LogP contribution in [0.4, 0.5) is 4.39 Å². The Morgan fingerprint density at radius 2 is 1.91 bits per heavy atom. The smallest absolute Gasteiger partial charge is 0.258 e. The standard InChI is InChI=1S/C24H20Cl2FNO5/c25-13-1-4-20-15(5-13)18(29)7-21(33-20)19(30)8-23-10-24(11-23,12-23)28-22(31)9-32-14-2-3-16(26)17(27)6-14/h1-6,21H,7-12H2,(H,28,31)/t21-,23?,24?/m0/s1. The molecule has 1 heterocycles. The van der Waals surface area contributed by atoms with Gasteiger partial charge in [-0.05, 0) is 55.0 Å². The van der Waals surface area contributed by atoms with Gasteiger partial charge in [-0.2, -0.15) is 0 Å². The van der Waals surface area contributed by atoms with Gasteiger partial charge in [-0.15, -0.1) is 0 Å². The maximum Gasteiger partial charge on any atom is 0.258 e. The van der Waals surface area contributed by atoms with Crippen molar-refractivity contribution in [2.24, 2.45) is 5.41 Å². The quantitative estimate of drug-likeness (QED) is 0.614. The van der Waals surface area contributed by atoms with Crippen molar-refractivity contribution in [3.8, 4) is 11.5 Å². The zero-order valence-electron chi connectivity index (χ0n) is 17.5. The van der Waals surface area contributed by atoms with Crippen LogP contribution in [0.15, 0.2) is 36.4 Å². The molecule has 6 nitrogen and oxygen atoms in total. The predicted molar refractivity (Wildman–Crippen MR) is 119 cm³/mol. The van der Waals surface area contributed by atoms with Gasteiger partial charge in [-0.1, -0.05) is 23.2 Å². The lowest BCUT2D eigenvalue weighted by molar-refractivity contribution is -0.175. The van der Waals surface area contributed by atoms with Gasteiger partial charge >= 0.3 is 0 Å². The highest BCUT2D eigenvalue weighted by Crippen LogP contribution is 2.69. The highest BCUT2D eigenvalue weighted by molar-refractivity contribution is 6.31. The second-order valence-electron chi connectivity index (χ2n) is 9.24. The molecular weight excluding hydrogens is 472 g/mol. The van der Waals surface area contributed by atoms with E-state index in [0.29, 0.717) is 42.0 Å². The zero-order chi connectivity index (χ0) is 23.4. The largest absolute Gasteiger partial charge is 0.484 e. The molecule has 3 saturated carbocycles. The molecule has 33 heavy (non-hydrogen) atoms. The van der Waals surface area contributed by atoms with Crippen LogP contribution in [-0.4, -0.2) is 35.7 Å². The third kappa shape index (κ3) is 4.20. The number of benzene rings is 2. The summed E-state index contributed by atoms with van der Waals surface area (Å²) in [6.45, 7) is -0.240. The van der Waals surface area contributed by atoms with Crippen molar-refractivity contribution in [3.05, 3.63) is 57.8 Å². The van der Waals surface area contributed by atoms with Crippen molar-refractivity contribution in [2.45, 2.75) is 43.7 Å². The maximum atomic E-state index is 13.5. The van der Waals surface area contributed by atoms with Crippen molar-refractivity contribution < 1.29 is 28.2 Å². The highest BCUT2D eigenvalue weighted by atomic mass is 35.5. The first kappa shape index (κ1) is 22.2. The molecule has 9 heteroatoms. The fraction of sp³-hybridized carbons (Fsp3) is 0.375. The fourth-order valence-corrected chi connectivity index (χ4v) is 5.61. The number of amides is 1. The van der Waals surface area contributed by atoms with E-state index in [0.717, 1.165) is 6.07 Å². The number of ketones is 2. The van der Waals surface area contributed by atoms with Gasteiger partial charge in [0, 0.05) is 23.0 Å². The molecule has 0 spiro atoms. The average molecular weight is 492 g/mol. The summed E-state index contributed by atoms with van der Waals surface area (Å²) in [5, 5.41) is 3.40. The Labute approximate surface area is 199 Å². The van der Waals surface area contributed by atoms with Crippen molar-refractivity contribution in [3.63, 3.8) is 0 Å². The second-order valence-corrected chi connectivity index (χ2v) is 10.1. The number of nitrogens with one attached hydrogen (secondary N) is 1. The summed E-state index contributed by atoms with van der Waals surface area (Å²) >= 11 is 11.6. The van der Waals surface area contributed by atoms with Crippen LogP contribution in [0.2, 0.25) is 10.0 Å². The molecule has 1 atom stereocenters. The lowest BCUT2D eigenvalue weighted by atomic mass is 9.38. The molecule has 4 aliphatic rings. The van der Waals surface area contributed by atoms with Crippen LogP contribution in [0, 0.1) is 11.2 Å². The first-order chi connectivity index (χ1) is 15.7. The van der Waals surface area contributed by atoms with E-state index in [1.165, 1.54) is 12.1 Å². The summed E-state index contributed by atoms with van der Waals surface area (Å²) < 4.78 is 24.6. The minimum Gasteiger partial charge on any atom is -0.484 e. The van der Waals surface area contributed by atoms with E-state index < -0.39 is 11.9 Å². The summed E-state index contributed by atoms with van der Waals surface area (Å²) in [5.41, 5.74) is -0.0715. The van der Waals surface area contributed by atoms with E-state index in [2.05, 4.69) is 5.32 Å². The monoisotopic (exact) mass is 491 g/mol. The van der Waals surface area contributed by atoms with Crippen LogP contribution in [0.1, 0.15) is 42.5 Å². The minimum absolute atomic E-state index is 0.00671. The maximum absolute atomic E-state index is 13.5. The van der Waals surface area contributed by atoms with Crippen LogP contribution in [0.25, 0.3) is 0 Å². The van der Waals surface area contributed by atoms with E-state index in [9.17, 15) is 18.8 Å². The molecule has 1 aliphatic heterocycles. The Morgan fingerprint density at radius 1 is 1.15 bits per heavy atom. The van der Waals surface area contributed by atoms with E-state index >= 15 is 0 Å². The third-order valence-corrected chi connectivity index (χ3v) is 7.14. The van der Waals surface area contributed by atoms with Gasteiger partial charge in [0.1, 0.15) is 17.3 Å². The SMILES string of the molecule is O=C(COc1ccc(Cl)c(F)c1)NC12CC(CC(=O)[C@@H]3CC(=O)c4cc(Cl)ccc4O3)(C1)C2. The molecular formula is C24H20Cl2FNO5. The van der Waals surface area contributed by atoms with Crippen LogP contribution in [0.3, 0.4) is 0 Å². The van der Waals surface area contributed by atoms with E-state index in [-0.39, 0.29) is 52.2 Å². The normalized spacial score (nSPS) is 26.9. The molecule has 0 saturated heterocycles. The summed E-state index contributed by atoms with van der Waals surface area (Å²) in [6, 6.07) is 8.78. The van der Waals surface area contributed by atoms with Crippen molar-refractivity contribution >= 4 is 40.7 Å². The first-order valence-electron chi connectivity index (χ1n) is 10.6. The molecule has 2 aromatic carbocycles. The predicted octanol–water partition coefficient (Wildman–Crippen LogP) is 4.54. The molecule has 2 aromatic rings.